The second kappa shape index (κ2) is 8.06. The van der Waals surface area contributed by atoms with Crippen molar-refractivity contribution in [3.05, 3.63) is 51.7 Å². The molecule has 0 radical (unpaired) electrons. The van der Waals surface area contributed by atoms with Gasteiger partial charge in [0.2, 0.25) is 5.91 Å². The first-order valence-corrected chi connectivity index (χ1v) is 9.55. The number of aryl methyl sites for hydroxylation is 1. The monoisotopic (exact) mass is 361 g/mol. The Morgan fingerprint density at radius 2 is 2.32 bits per heavy atom. The van der Waals surface area contributed by atoms with Crippen molar-refractivity contribution in [2.24, 2.45) is 0 Å². The zero-order valence-corrected chi connectivity index (χ0v) is 15.5. The number of aromatic nitrogens is 1. The first kappa shape index (κ1) is 18.0. The average Bonchev–Trinajstić information content (AvgIpc) is 2.95. The molecule has 4 nitrogen and oxygen atoms in total. The lowest BCUT2D eigenvalue weighted by Gasteiger charge is -2.41. The molecular formula is C19H24FN3OS. The average molecular weight is 361 g/mol. The van der Waals surface area contributed by atoms with Gasteiger partial charge in [-0.3, -0.25) is 9.69 Å². The molecule has 1 amide bonds. The maximum absolute atomic E-state index is 13.6. The number of hydrogen-bond acceptors (Lipinski definition) is 4. The van der Waals surface area contributed by atoms with Crippen LogP contribution in [0.2, 0.25) is 0 Å². The summed E-state index contributed by atoms with van der Waals surface area (Å²) in [6.45, 7) is 5.40. The van der Waals surface area contributed by atoms with Gasteiger partial charge in [-0.05, 0) is 50.4 Å². The lowest BCUT2D eigenvalue weighted by atomic mass is 9.90. The summed E-state index contributed by atoms with van der Waals surface area (Å²) in [5.41, 5.74) is 3.91. The van der Waals surface area contributed by atoms with E-state index >= 15 is 0 Å². The molecule has 0 aliphatic carbocycles. The summed E-state index contributed by atoms with van der Waals surface area (Å²) in [5.74, 6) is -0.223. The van der Waals surface area contributed by atoms with Crippen LogP contribution in [-0.4, -0.2) is 34.4 Å². The fourth-order valence-electron chi connectivity index (χ4n) is 3.59. The van der Waals surface area contributed by atoms with E-state index in [-0.39, 0.29) is 23.8 Å². The molecule has 2 aromatic rings. The molecule has 6 heteroatoms. The summed E-state index contributed by atoms with van der Waals surface area (Å²) in [6.07, 6.45) is 2.72. The van der Waals surface area contributed by atoms with Gasteiger partial charge < -0.3 is 5.32 Å². The molecule has 1 aromatic heterocycles. The molecule has 3 rings (SSSR count). The zero-order chi connectivity index (χ0) is 17.8. The molecule has 1 aliphatic rings. The summed E-state index contributed by atoms with van der Waals surface area (Å²) in [6, 6.07) is 7.00. The van der Waals surface area contributed by atoms with E-state index in [0.717, 1.165) is 43.6 Å². The first-order valence-electron chi connectivity index (χ1n) is 8.67. The Morgan fingerprint density at radius 1 is 1.48 bits per heavy atom. The Bertz CT molecular complexity index is 733. The minimum absolute atomic E-state index is 0.00920. The number of nitrogens with one attached hydrogen (secondary N) is 1. The van der Waals surface area contributed by atoms with Crippen molar-refractivity contribution < 1.29 is 9.18 Å². The number of amides is 1. The molecule has 1 fully saturated rings. The first-order chi connectivity index (χ1) is 12.0. The van der Waals surface area contributed by atoms with E-state index in [0.29, 0.717) is 0 Å². The van der Waals surface area contributed by atoms with Crippen LogP contribution in [0.25, 0.3) is 0 Å². The fraction of sp³-hybridized carbons (Fsp3) is 0.474. The van der Waals surface area contributed by atoms with E-state index in [1.165, 1.54) is 10.9 Å². The highest BCUT2D eigenvalue weighted by Crippen LogP contribution is 2.26. The lowest BCUT2D eigenvalue weighted by Crippen LogP contribution is -2.55. The smallest absolute Gasteiger partial charge is 0.217 e. The minimum Gasteiger partial charge on any atom is -0.352 e. The van der Waals surface area contributed by atoms with Crippen LogP contribution in [0.3, 0.4) is 0 Å². The van der Waals surface area contributed by atoms with Crippen LogP contribution < -0.4 is 5.32 Å². The van der Waals surface area contributed by atoms with Crippen molar-refractivity contribution in [1.29, 1.82) is 0 Å². The zero-order valence-electron chi connectivity index (χ0n) is 14.7. The molecule has 1 aliphatic heterocycles. The summed E-state index contributed by atoms with van der Waals surface area (Å²) in [5, 5.41) is 3.10. The van der Waals surface area contributed by atoms with Gasteiger partial charge >= 0.3 is 0 Å². The van der Waals surface area contributed by atoms with Crippen molar-refractivity contribution in [3.8, 4) is 0 Å². The molecule has 2 atom stereocenters. The normalized spacial score (nSPS) is 21.2. The number of piperidine rings is 1. The molecule has 0 saturated carbocycles. The van der Waals surface area contributed by atoms with Gasteiger partial charge in [0.25, 0.3) is 0 Å². The number of nitrogens with zero attached hydrogens (tertiary/aromatic N) is 2. The predicted octanol–water partition coefficient (Wildman–Crippen LogP) is 3.30. The highest BCUT2D eigenvalue weighted by Gasteiger charge is 2.32. The van der Waals surface area contributed by atoms with Gasteiger partial charge in [0.1, 0.15) is 5.82 Å². The van der Waals surface area contributed by atoms with Gasteiger partial charge in [0, 0.05) is 30.4 Å². The minimum atomic E-state index is -0.214. The predicted molar refractivity (Wildman–Crippen MR) is 98.0 cm³/mol. The number of carbonyl (C=O) groups excluding carboxylic acids is 1. The van der Waals surface area contributed by atoms with Crippen molar-refractivity contribution in [1.82, 2.24) is 15.2 Å². The van der Waals surface area contributed by atoms with Gasteiger partial charge in [0.15, 0.2) is 0 Å². The van der Waals surface area contributed by atoms with E-state index in [4.69, 9.17) is 0 Å². The second-order valence-electron chi connectivity index (χ2n) is 6.68. The van der Waals surface area contributed by atoms with Crippen LogP contribution in [0, 0.1) is 12.7 Å². The van der Waals surface area contributed by atoms with Gasteiger partial charge in [-0.15, -0.1) is 11.3 Å². The third-order valence-corrected chi connectivity index (χ3v) is 5.73. The van der Waals surface area contributed by atoms with Gasteiger partial charge in [-0.1, -0.05) is 12.1 Å². The number of hydrogen-bond donors (Lipinski definition) is 1. The molecule has 0 bridgehead atoms. The maximum Gasteiger partial charge on any atom is 0.217 e. The van der Waals surface area contributed by atoms with Gasteiger partial charge in [-0.2, -0.15) is 0 Å². The standard InChI is InChI=1S/C19H24FN3OS/c1-13-19(25-12-21-13)11-23-8-4-7-17(22-14(2)24)18(23)10-15-5-3-6-16(20)9-15/h3,5-6,9,12,17-18H,4,7-8,10-11H2,1-2H3,(H,22,24)/t17-,18-/m0/s1. The van der Waals surface area contributed by atoms with E-state index in [1.807, 2.05) is 18.5 Å². The van der Waals surface area contributed by atoms with Crippen LogP contribution in [-0.2, 0) is 17.8 Å². The Labute approximate surface area is 152 Å². The maximum atomic E-state index is 13.6. The number of benzene rings is 1. The summed E-state index contributed by atoms with van der Waals surface area (Å²) < 4.78 is 13.6. The van der Waals surface area contributed by atoms with E-state index in [2.05, 4.69) is 15.2 Å². The molecule has 0 spiro atoms. The third-order valence-electron chi connectivity index (χ3n) is 4.81. The molecule has 1 N–H and O–H groups in total. The number of carbonyl (C=O) groups is 1. The van der Waals surface area contributed by atoms with Gasteiger partial charge in [0.05, 0.1) is 11.2 Å². The molecule has 25 heavy (non-hydrogen) atoms. The second-order valence-corrected chi connectivity index (χ2v) is 7.62. The Hall–Kier alpha value is -1.79. The molecule has 1 aromatic carbocycles. The number of rotatable bonds is 5. The van der Waals surface area contributed by atoms with E-state index in [1.54, 1.807) is 30.4 Å². The fourth-order valence-corrected chi connectivity index (χ4v) is 4.39. The highest BCUT2D eigenvalue weighted by atomic mass is 32.1. The summed E-state index contributed by atoms with van der Waals surface area (Å²) in [4.78, 5) is 19.7. The Morgan fingerprint density at radius 3 is 3.00 bits per heavy atom. The largest absolute Gasteiger partial charge is 0.352 e. The molecule has 0 unspecified atom stereocenters. The Kier molecular flexibility index (Phi) is 5.81. The Balaban J connectivity index is 1.82. The van der Waals surface area contributed by atoms with Crippen LogP contribution in [0.15, 0.2) is 29.8 Å². The summed E-state index contributed by atoms with van der Waals surface area (Å²) in [7, 11) is 0. The highest BCUT2D eigenvalue weighted by molar-refractivity contribution is 7.09. The van der Waals surface area contributed by atoms with Crippen LogP contribution in [0.5, 0.6) is 0 Å². The number of thiazole rings is 1. The lowest BCUT2D eigenvalue weighted by molar-refractivity contribution is -0.120. The SMILES string of the molecule is CC(=O)N[C@H]1CCCN(Cc2scnc2C)[C@H]1Cc1cccc(F)c1. The molecule has 2 heterocycles. The van der Waals surface area contributed by atoms with Crippen LogP contribution >= 0.6 is 11.3 Å². The van der Waals surface area contributed by atoms with Crippen LogP contribution in [0.1, 0.15) is 35.9 Å². The van der Waals surface area contributed by atoms with Crippen molar-refractivity contribution in [2.45, 2.75) is 51.7 Å². The number of likely N-dealkylation sites (tertiary alicyclic amines) is 1. The van der Waals surface area contributed by atoms with Gasteiger partial charge in [-0.25, -0.2) is 9.37 Å². The molecule has 1 saturated heterocycles. The molecular weight excluding hydrogens is 337 g/mol. The summed E-state index contributed by atoms with van der Waals surface area (Å²) >= 11 is 1.67. The van der Waals surface area contributed by atoms with E-state index in [9.17, 15) is 9.18 Å². The molecule has 134 valence electrons. The third kappa shape index (κ3) is 4.64. The number of halogens is 1. The van der Waals surface area contributed by atoms with Crippen molar-refractivity contribution in [2.75, 3.05) is 6.54 Å². The van der Waals surface area contributed by atoms with Crippen LogP contribution in [0.4, 0.5) is 4.39 Å². The van der Waals surface area contributed by atoms with Crippen molar-refractivity contribution in [3.63, 3.8) is 0 Å². The van der Waals surface area contributed by atoms with Crippen molar-refractivity contribution >= 4 is 17.2 Å². The topological polar surface area (TPSA) is 45.2 Å². The van der Waals surface area contributed by atoms with E-state index < -0.39 is 0 Å². The quantitative estimate of drug-likeness (QED) is 0.889.